The molecule has 0 radical (unpaired) electrons. The fraction of sp³-hybridized carbons (Fsp3) is 0.455. The van der Waals surface area contributed by atoms with Gasteiger partial charge in [-0.3, -0.25) is 9.78 Å². The Hall–Kier alpha value is -2.04. The number of hydrogen-bond donors (Lipinski definition) is 3. The van der Waals surface area contributed by atoms with E-state index in [2.05, 4.69) is 20.3 Å². The summed E-state index contributed by atoms with van der Waals surface area (Å²) >= 11 is 1.34. The number of halogens is 3. The monoisotopic (exact) mass is 336 g/mol. The third-order valence-corrected chi connectivity index (χ3v) is 3.10. The molecule has 5 N–H and O–H groups in total. The highest BCUT2D eigenvalue weighted by atomic mass is 32.2. The van der Waals surface area contributed by atoms with Gasteiger partial charge >= 0.3 is 6.18 Å². The highest BCUT2D eigenvalue weighted by Crippen LogP contribution is 2.17. The summed E-state index contributed by atoms with van der Waals surface area (Å²) in [5.74, 6) is 0.0141. The number of hydrogen-bond acceptors (Lipinski definition) is 5. The molecule has 1 rings (SSSR count). The van der Waals surface area contributed by atoms with Crippen molar-refractivity contribution in [2.24, 2.45) is 16.5 Å². The van der Waals surface area contributed by atoms with E-state index in [1.54, 1.807) is 0 Å². The molecule has 0 unspecified atom stereocenters. The van der Waals surface area contributed by atoms with E-state index < -0.39 is 18.7 Å². The minimum Gasteiger partial charge on any atom is -0.370 e. The minimum absolute atomic E-state index is 0.184. The highest BCUT2D eigenvalue weighted by Gasteiger charge is 2.26. The van der Waals surface area contributed by atoms with Gasteiger partial charge < -0.3 is 16.8 Å². The van der Waals surface area contributed by atoms with E-state index in [0.29, 0.717) is 17.2 Å². The van der Waals surface area contributed by atoms with Gasteiger partial charge in [0.1, 0.15) is 11.6 Å². The van der Waals surface area contributed by atoms with Crippen LogP contribution in [0, 0.1) is 0 Å². The van der Waals surface area contributed by atoms with Crippen LogP contribution in [0.15, 0.2) is 22.4 Å². The summed E-state index contributed by atoms with van der Waals surface area (Å²) in [4.78, 5) is 21.7. The Morgan fingerprint density at radius 2 is 2.09 bits per heavy atom. The number of nitrogens with zero attached hydrogens (tertiary/aromatic N) is 3. The number of primary amides is 1. The van der Waals surface area contributed by atoms with Crippen LogP contribution in [0.4, 0.5) is 19.0 Å². The quantitative estimate of drug-likeness (QED) is 0.297. The van der Waals surface area contributed by atoms with Crippen molar-refractivity contribution in [2.45, 2.75) is 24.0 Å². The van der Waals surface area contributed by atoms with Crippen molar-refractivity contribution in [3.8, 4) is 0 Å². The zero-order chi connectivity index (χ0) is 16.6. The molecule has 122 valence electrons. The van der Waals surface area contributed by atoms with Crippen molar-refractivity contribution < 1.29 is 18.0 Å². The molecule has 0 aliphatic rings. The Bertz CT molecular complexity index is 537. The number of aliphatic imine (C=N–C) groups is 1. The van der Waals surface area contributed by atoms with Crippen molar-refractivity contribution in [1.82, 2.24) is 9.97 Å². The summed E-state index contributed by atoms with van der Waals surface area (Å²) in [7, 11) is 0. The van der Waals surface area contributed by atoms with Gasteiger partial charge in [-0.1, -0.05) is 0 Å². The molecule has 0 bridgehead atoms. The van der Waals surface area contributed by atoms with Crippen molar-refractivity contribution in [3.63, 3.8) is 0 Å². The van der Waals surface area contributed by atoms with E-state index in [1.165, 1.54) is 24.2 Å². The molecule has 7 nitrogen and oxygen atoms in total. The first-order chi connectivity index (χ1) is 10.3. The fourth-order valence-corrected chi connectivity index (χ4v) is 2.04. The van der Waals surface area contributed by atoms with Gasteiger partial charge in [0.25, 0.3) is 0 Å². The van der Waals surface area contributed by atoms with Crippen LogP contribution in [-0.2, 0) is 4.79 Å². The average Bonchev–Trinajstić information content (AvgIpc) is 2.41. The van der Waals surface area contributed by atoms with Gasteiger partial charge in [0.2, 0.25) is 5.91 Å². The van der Waals surface area contributed by atoms with E-state index in [9.17, 15) is 18.0 Å². The maximum atomic E-state index is 12.0. The molecular formula is C11H15F3N6OS. The molecule has 0 aromatic carbocycles. The topological polar surface area (TPSA) is 119 Å². The zero-order valence-electron chi connectivity index (χ0n) is 11.4. The first-order valence-electron chi connectivity index (χ1n) is 6.13. The van der Waals surface area contributed by atoms with Gasteiger partial charge in [0, 0.05) is 12.2 Å². The smallest absolute Gasteiger partial charge is 0.370 e. The van der Waals surface area contributed by atoms with E-state index in [4.69, 9.17) is 11.5 Å². The van der Waals surface area contributed by atoms with E-state index in [1.807, 2.05) is 0 Å². The van der Waals surface area contributed by atoms with Crippen molar-refractivity contribution >= 4 is 29.4 Å². The van der Waals surface area contributed by atoms with Crippen LogP contribution in [0.1, 0.15) is 12.8 Å². The summed E-state index contributed by atoms with van der Waals surface area (Å²) in [5.41, 5.74) is 10.3. The lowest BCUT2D eigenvalue weighted by atomic mass is 10.3. The number of nitrogens with one attached hydrogen (secondary N) is 1. The molecule has 0 spiro atoms. The molecule has 0 saturated carbocycles. The van der Waals surface area contributed by atoms with Crippen molar-refractivity contribution in [3.05, 3.63) is 12.4 Å². The molecule has 0 atom stereocenters. The molecule has 0 aliphatic heterocycles. The molecular weight excluding hydrogens is 321 g/mol. The summed E-state index contributed by atoms with van der Waals surface area (Å²) in [6.45, 7) is -1.37. The van der Waals surface area contributed by atoms with Crippen LogP contribution in [0.2, 0.25) is 0 Å². The molecule has 11 heteroatoms. The second kappa shape index (κ2) is 8.41. The number of nitrogens with two attached hydrogens (primary N) is 2. The Morgan fingerprint density at radius 3 is 2.73 bits per heavy atom. The number of guanidine groups is 1. The van der Waals surface area contributed by atoms with E-state index in [-0.39, 0.29) is 18.1 Å². The number of amides is 1. The van der Waals surface area contributed by atoms with Gasteiger partial charge in [0.05, 0.1) is 12.4 Å². The van der Waals surface area contributed by atoms with Crippen LogP contribution in [0.5, 0.6) is 0 Å². The fourth-order valence-electron chi connectivity index (χ4n) is 1.25. The lowest BCUT2D eigenvalue weighted by molar-refractivity contribution is -0.119. The summed E-state index contributed by atoms with van der Waals surface area (Å²) < 4.78 is 36.0. The van der Waals surface area contributed by atoms with Crippen LogP contribution in [0.3, 0.4) is 0 Å². The summed E-state index contributed by atoms with van der Waals surface area (Å²) in [5, 5.41) is 2.97. The molecule has 0 saturated heterocycles. The number of anilines is 1. The number of rotatable bonds is 7. The third kappa shape index (κ3) is 8.29. The highest BCUT2D eigenvalue weighted by molar-refractivity contribution is 7.99. The van der Waals surface area contributed by atoms with Crippen molar-refractivity contribution in [1.29, 1.82) is 0 Å². The summed E-state index contributed by atoms with van der Waals surface area (Å²) in [6.07, 6.45) is -0.757. The number of carbonyl (C=O) groups is 1. The van der Waals surface area contributed by atoms with Gasteiger partial charge in [-0.2, -0.15) is 13.2 Å². The first-order valence-corrected chi connectivity index (χ1v) is 7.11. The van der Waals surface area contributed by atoms with E-state index >= 15 is 0 Å². The van der Waals surface area contributed by atoms with Crippen LogP contribution in [0.25, 0.3) is 0 Å². The first kappa shape index (κ1) is 18.0. The second-order valence-corrected chi connectivity index (χ2v) is 5.22. The molecule has 22 heavy (non-hydrogen) atoms. The molecule has 1 aromatic rings. The number of thioether (sulfide) groups is 1. The Labute approximate surface area is 128 Å². The average molecular weight is 336 g/mol. The van der Waals surface area contributed by atoms with Crippen molar-refractivity contribution in [2.75, 3.05) is 17.6 Å². The predicted octanol–water partition coefficient (Wildman–Crippen LogP) is 1.12. The van der Waals surface area contributed by atoms with Gasteiger partial charge in [-0.15, -0.1) is 11.8 Å². The predicted molar refractivity (Wildman–Crippen MR) is 77.4 cm³/mol. The maximum absolute atomic E-state index is 12.0. The SMILES string of the molecule is NC(=O)CCCSc1cncc(NC(N)=NCC(F)(F)F)n1. The second-order valence-electron chi connectivity index (χ2n) is 4.10. The van der Waals surface area contributed by atoms with Gasteiger partial charge in [-0.25, -0.2) is 9.98 Å². The Morgan fingerprint density at radius 1 is 1.36 bits per heavy atom. The van der Waals surface area contributed by atoms with Crippen LogP contribution in [-0.4, -0.2) is 40.3 Å². The lowest BCUT2D eigenvalue weighted by Gasteiger charge is -2.07. The van der Waals surface area contributed by atoms with E-state index in [0.717, 1.165) is 0 Å². The van der Waals surface area contributed by atoms with Gasteiger partial charge in [0.15, 0.2) is 11.8 Å². The number of aromatic nitrogens is 2. The molecule has 0 fully saturated rings. The number of alkyl halides is 3. The Kier molecular flexibility index (Phi) is 6.89. The number of carbonyl (C=O) groups excluding carboxylic acids is 1. The molecule has 0 aliphatic carbocycles. The summed E-state index contributed by atoms with van der Waals surface area (Å²) in [6, 6.07) is 0. The largest absolute Gasteiger partial charge is 0.408 e. The van der Waals surface area contributed by atoms with Crippen LogP contribution < -0.4 is 16.8 Å². The zero-order valence-corrected chi connectivity index (χ0v) is 12.2. The maximum Gasteiger partial charge on any atom is 0.408 e. The lowest BCUT2D eigenvalue weighted by Crippen LogP contribution is -2.26. The molecule has 1 amide bonds. The molecule has 1 heterocycles. The van der Waals surface area contributed by atoms with Crippen LogP contribution >= 0.6 is 11.8 Å². The third-order valence-electron chi connectivity index (χ3n) is 2.11. The standard InChI is InChI=1S/C11H15F3N6OS/c12-11(13,14)6-18-10(16)20-8-4-17-5-9(19-8)22-3-1-2-7(15)21/h4-5H,1-3,6H2,(H2,15,21)(H3,16,18,19,20). The Balaban J connectivity index is 2.51. The van der Waals surface area contributed by atoms with Gasteiger partial charge in [-0.05, 0) is 6.42 Å². The molecule has 1 aromatic heterocycles. The normalized spacial score (nSPS) is 12.2. The minimum atomic E-state index is -4.42.